The molecule has 20 heavy (non-hydrogen) atoms. The van der Waals surface area contributed by atoms with E-state index >= 15 is 0 Å². The van der Waals surface area contributed by atoms with E-state index in [1.807, 2.05) is 13.8 Å². The molecule has 0 bridgehead atoms. The molecule has 0 saturated carbocycles. The van der Waals surface area contributed by atoms with Crippen molar-refractivity contribution in [1.82, 2.24) is 10.2 Å². The number of nitro benzene ring substituents is 1. The lowest BCUT2D eigenvalue weighted by atomic mass is 9.98. The highest BCUT2D eigenvalue weighted by atomic mass is 35.5. The number of hydrogen-bond acceptors (Lipinski definition) is 4. The van der Waals surface area contributed by atoms with Crippen LogP contribution >= 0.6 is 11.6 Å². The lowest BCUT2D eigenvalue weighted by Gasteiger charge is -2.42. The van der Waals surface area contributed by atoms with Crippen molar-refractivity contribution < 1.29 is 9.72 Å². The largest absolute Gasteiger partial charge is 0.331 e. The fourth-order valence-electron chi connectivity index (χ4n) is 2.32. The lowest BCUT2D eigenvalue weighted by molar-refractivity contribution is -0.384. The third-order valence-electron chi connectivity index (χ3n) is 3.39. The van der Waals surface area contributed by atoms with Crippen molar-refractivity contribution in [3.05, 3.63) is 38.9 Å². The van der Waals surface area contributed by atoms with Crippen LogP contribution in [-0.4, -0.2) is 40.9 Å². The van der Waals surface area contributed by atoms with Crippen LogP contribution in [-0.2, 0) is 0 Å². The van der Waals surface area contributed by atoms with Gasteiger partial charge < -0.3 is 10.2 Å². The molecule has 7 heteroatoms. The minimum atomic E-state index is -0.550. The van der Waals surface area contributed by atoms with Crippen molar-refractivity contribution >= 4 is 23.2 Å². The highest BCUT2D eigenvalue weighted by Gasteiger charge is 2.34. The number of carbonyl (C=O) groups excluding carboxylic acids is 1. The van der Waals surface area contributed by atoms with Gasteiger partial charge in [0, 0.05) is 42.4 Å². The molecule has 0 aromatic heterocycles. The van der Waals surface area contributed by atoms with E-state index in [9.17, 15) is 14.9 Å². The Labute approximate surface area is 121 Å². The highest BCUT2D eigenvalue weighted by molar-refractivity contribution is 6.31. The first-order chi connectivity index (χ1) is 9.31. The summed E-state index contributed by atoms with van der Waals surface area (Å²) in [6.45, 7) is 5.86. The molecule has 1 heterocycles. The first-order valence-corrected chi connectivity index (χ1v) is 6.67. The quantitative estimate of drug-likeness (QED) is 0.670. The van der Waals surface area contributed by atoms with Crippen LogP contribution in [0.3, 0.4) is 0 Å². The van der Waals surface area contributed by atoms with E-state index < -0.39 is 4.92 Å². The van der Waals surface area contributed by atoms with Crippen molar-refractivity contribution in [2.45, 2.75) is 19.4 Å². The molecule has 0 aliphatic carbocycles. The van der Waals surface area contributed by atoms with Crippen LogP contribution in [0.15, 0.2) is 18.2 Å². The highest BCUT2D eigenvalue weighted by Crippen LogP contribution is 2.25. The molecule has 1 aromatic carbocycles. The summed E-state index contributed by atoms with van der Waals surface area (Å²) in [6.07, 6.45) is 0. The summed E-state index contributed by atoms with van der Waals surface area (Å²) >= 11 is 5.86. The first-order valence-electron chi connectivity index (χ1n) is 6.29. The summed E-state index contributed by atoms with van der Waals surface area (Å²) in [6, 6.07) is 3.97. The monoisotopic (exact) mass is 297 g/mol. The van der Waals surface area contributed by atoms with Gasteiger partial charge in [-0.2, -0.15) is 0 Å². The van der Waals surface area contributed by atoms with E-state index in [1.54, 1.807) is 4.90 Å². The van der Waals surface area contributed by atoms with Gasteiger partial charge in [-0.25, -0.2) is 0 Å². The second kappa shape index (κ2) is 5.38. The van der Waals surface area contributed by atoms with Crippen LogP contribution in [0.5, 0.6) is 0 Å². The summed E-state index contributed by atoms with van der Waals surface area (Å²) in [4.78, 5) is 24.6. The second-order valence-corrected chi connectivity index (χ2v) is 5.84. The number of piperazine rings is 1. The fourth-order valence-corrected chi connectivity index (χ4v) is 2.55. The number of halogens is 1. The number of nitrogens with one attached hydrogen (secondary N) is 1. The zero-order chi connectivity index (χ0) is 14.9. The second-order valence-electron chi connectivity index (χ2n) is 5.40. The van der Waals surface area contributed by atoms with E-state index in [-0.39, 0.29) is 27.7 Å². The van der Waals surface area contributed by atoms with Gasteiger partial charge in [0.25, 0.3) is 11.6 Å². The maximum absolute atomic E-state index is 12.6. The molecule has 1 fully saturated rings. The number of non-ortho nitro benzene ring substituents is 1. The molecule has 1 amide bonds. The molecule has 1 N–H and O–H groups in total. The number of nitrogens with zero attached hydrogens (tertiary/aromatic N) is 2. The molecule has 1 saturated heterocycles. The van der Waals surface area contributed by atoms with Crippen LogP contribution in [0, 0.1) is 10.1 Å². The van der Waals surface area contributed by atoms with Crippen molar-refractivity contribution in [1.29, 1.82) is 0 Å². The molecular weight excluding hydrogens is 282 g/mol. The van der Waals surface area contributed by atoms with E-state index in [4.69, 9.17) is 11.6 Å². The van der Waals surface area contributed by atoms with Gasteiger partial charge in [0.2, 0.25) is 0 Å². The third kappa shape index (κ3) is 2.91. The molecule has 1 aliphatic rings. The predicted octanol–water partition coefficient (Wildman–Crippen LogP) is 2.07. The summed E-state index contributed by atoms with van der Waals surface area (Å²) in [7, 11) is 0. The minimum absolute atomic E-state index is 0.172. The molecule has 0 spiro atoms. The van der Waals surface area contributed by atoms with Crippen LogP contribution in [0.4, 0.5) is 5.69 Å². The molecule has 108 valence electrons. The Balaban J connectivity index is 2.35. The Hall–Kier alpha value is -1.66. The summed E-state index contributed by atoms with van der Waals surface area (Å²) < 4.78 is 0. The predicted molar refractivity (Wildman–Crippen MR) is 76.1 cm³/mol. The molecule has 0 atom stereocenters. The van der Waals surface area contributed by atoms with Crippen LogP contribution in [0.1, 0.15) is 24.2 Å². The van der Waals surface area contributed by atoms with Crippen LogP contribution < -0.4 is 5.32 Å². The summed E-state index contributed by atoms with van der Waals surface area (Å²) in [5, 5.41) is 14.3. The summed E-state index contributed by atoms with van der Waals surface area (Å²) in [5.74, 6) is -0.234. The molecule has 0 unspecified atom stereocenters. The molecule has 6 nitrogen and oxygen atoms in total. The fraction of sp³-hybridized carbons (Fsp3) is 0.462. The summed E-state index contributed by atoms with van der Waals surface area (Å²) in [5.41, 5.74) is -0.264. The first kappa shape index (κ1) is 14.7. The lowest BCUT2D eigenvalue weighted by Crippen LogP contribution is -2.59. The van der Waals surface area contributed by atoms with Crippen molar-refractivity contribution in [2.75, 3.05) is 19.6 Å². The van der Waals surface area contributed by atoms with E-state index in [2.05, 4.69) is 5.32 Å². The number of rotatable bonds is 2. The molecular formula is C13H16ClN3O3. The smallest absolute Gasteiger partial charge is 0.271 e. The Kier molecular flexibility index (Phi) is 3.96. The van der Waals surface area contributed by atoms with E-state index in [1.165, 1.54) is 18.2 Å². The normalized spacial score (nSPS) is 17.9. The Morgan fingerprint density at radius 3 is 2.75 bits per heavy atom. The van der Waals surface area contributed by atoms with Gasteiger partial charge in [-0.15, -0.1) is 0 Å². The number of amides is 1. The van der Waals surface area contributed by atoms with Gasteiger partial charge in [0.05, 0.1) is 10.5 Å². The van der Waals surface area contributed by atoms with Crippen LogP contribution in [0.2, 0.25) is 5.02 Å². The van der Waals surface area contributed by atoms with Gasteiger partial charge in [-0.1, -0.05) is 11.6 Å². The minimum Gasteiger partial charge on any atom is -0.331 e. The molecule has 1 aliphatic heterocycles. The SMILES string of the molecule is CC1(C)CNCCN1C(=O)c1cc(Cl)cc([N+](=O)[O-])c1. The number of nitro groups is 1. The molecule has 0 radical (unpaired) electrons. The standard InChI is InChI=1S/C13H16ClN3O3/c1-13(2)8-15-3-4-16(13)12(18)9-5-10(14)7-11(6-9)17(19)20/h5-7,15H,3-4,8H2,1-2H3. The van der Waals surface area contributed by atoms with Crippen LogP contribution in [0.25, 0.3) is 0 Å². The van der Waals surface area contributed by atoms with Gasteiger partial charge in [0.15, 0.2) is 0 Å². The zero-order valence-corrected chi connectivity index (χ0v) is 12.1. The average molecular weight is 298 g/mol. The Morgan fingerprint density at radius 1 is 1.45 bits per heavy atom. The number of benzene rings is 1. The van der Waals surface area contributed by atoms with Crippen molar-refractivity contribution in [2.24, 2.45) is 0 Å². The van der Waals surface area contributed by atoms with Gasteiger partial charge in [0.1, 0.15) is 0 Å². The molecule has 2 rings (SSSR count). The zero-order valence-electron chi connectivity index (χ0n) is 11.4. The van der Waals surface area contributed by atoms with Crippen molar-refractivity contribution in [3.8, 4) is 0 Å². The maximum atomic E-state index is 12.6. The number of hydrogen-bond donors (Lipinski definition) is 1. The Morgan fingerprint density at radius 2 is 2.15 bits per heavy atom. The van der Waals surface area contributed by atoms with Gasteiger partial charge in [-0.05, 0) is 19.9 Å². The van der Waals surface area contributed by atoms with Gasteiger partial charge in [-0.3, -0.25) is 14.9 Å². The van der Waals surface area contributed by atoms with Gasteiger partial charge >= 0.3 is 0 Å². The maximum Gasteiger partial charge on any atom is 0.271 e. The van der Waals surface area contributed by atoms with E-state index in [0.29, 0.717) is 19.6 Å². The topological polar surface area (TPSA) is 75.5 Å². The average Bonchev–Trinajstić information content (AvgIpc) is 2.36. The molecule has 1 aromatic rings. The van der Waals surface area contributed by atoms with Crippen molar-refractivity contribution in [3.63, 3.8) is 0 Å². The number of carbonyl (C=O) groups is 1. The third-order valence-corrected chi connectivity index (χ3v) is 3.60. The van der Waals surface area contributed by atoms with E-state index in [0.717, 1.165) is 0 Å². The Bertz CT molecular complexity index is 560.